The largest absolute Gasteiger partial charge is 0.508 e. The summed E-state index contributed by atoms with van der Waals surface area (Å²) in [4.78, 5) is 0. The number of aromatic hydroxyl groups is 1. The quantitative estimate of drug-likeness (QED) is 0.885. The van der Waals surface area contributed by atoms with Gasteiger partial charge < -0.3 is 10.4 Å². The van der Waals surface area contributed by atoms with Crippen LogP contribution in [0, 0.1) is 5.82 Å². The minimum absolute atomic E-state index is 0.0568. The Labute approximate surface area is 116 Å². The highest BCUT2D eigenvalue weighted by Gasteiger charge is 2.08. The minimum Gasteiger partial charge on any atom is -0.508 e. The highest BCUT2D eigenvalue weighted by molar-refractivity contribution is 6.30. The molecule has 0 aliphatic rings. The molecule has 0 amide bonds. The maximum Gasteiger partial charge on any atom is 0.123 e. The molecule has 2 N–H and O–H groups in total. The van der Waals surface area contributed by atoms with Crippen LogP contribution in [0.4, 0.5) is 4.39 Å². The lowest BCUT2D eigenvalue weighted by molar-refractivity contribution is 0.457. The highest BCUT2D eigenvalue weighted by atomic mass is 35.5. The molecule has 0 fully saturated rings. The van der Waals surface area contributed by atoms with Crippen LogP contribution in [0.2, 0.25) is 5.02 Å². The van der Waals surface area contributed by atoms with E-state index in [0.717, 1.165) is 5.56 Å². The molecule has 2 aromatic carbocycles. The van der Waals surface area contributed by atoms with E-state index < -0.39 is 0 Å². The van der Waals surface area contributed by atoms with Gasteiger partial charge in [0.05, 0.1) is 0 Å². The number of hydrogen-bond acceptors (Lipinski definition) is 2. The fourth-order valence-electron chi connectivity index (χ4n) is 1.85. The second-order valence-electron chi connectivity index (χ2n) is 4.43. The Morgan fingerprint density at radius 1 is 1.26 bits per heavy atom. The van der Waals surface area contributed by atoms with Crippen molar-refractivity contribution in [3.8, 4) is 5.75 Å². The van der Waals surface area contributed by atoms with Gasteiger partial charge >= 0.3 is 0 Å². The van der Waals surface area contributed by atoms with Gasteiger partial charge in [-0.05, 0) is 42.8 Å². The zero-order chi connectivity index (χ0) is 13.8. The second-order valence-corrected chi connectivity index (χ2v) is 4.87. The smallest absolute Gasteiger partial charge is 0.123 e. The molecule has 1 atom stereocenters. The predicted octanol–water partition coefficient (Wildman–Crippen LogP) is 4.04. The standard InChI is InChI=1S/C15H15ClFNO/c1-10(11-3-2-4-13(16)7-11)18-9-12-8-14(17)5-6-15(12)19/h2-8,10,18-19H,9H2,1H3. The van der Waals surface area contributed by atoms with Gasteiger partial charge in [-0.3, -0.25) is 0 Å². The highest BCUT2D eigenvalue weighted by Crippen LogP contribution is 2.21. The lowest BCUT2D eigenvalue weighted by Crippen LogP contribution is -2.18. The Morgan fingerprint density at radius 2 is 2.05 bits per heavy atom. The molecule has 0 spiro atoms. The van der Waals surface area contributed by atoms with Gasteiger partial charge in [0.2, 0.25) is 0 Å². The number of benzene rings is 2. The van der Waals surface area contributed by atoms with Crippen molar-refractivity contribution < 1.29 is 9.50 Å². The zero-order valence-electron chi connectivity index (χ0n) is 10.5. The molecule has 0 saturated heterocycles. The summed E-state index contributed by atoms with van der Waals surface area (Å²) in [6.07, 6.45) is 0. The van der Waals surface area contributed by atoms with Crippen LogP contribution in [0.5, 0.6) is 5.75 Å². The van der Waals surface area contributed by atoms with Crippen LogP contribution in [0.15, 0.2) is 42.5 Å². The van der Waals surface area contributed by atoms with Crippen molar-refractivity contribution in [1.82, 2.24) is 5.32 Å². The molecule has 2 rings (SSSR count). The van der Waals surface area contributed by atoms with E-state index in [1.807, 2.05) is 31.2 Å². The van der Waals surface area contributed by atoms with Crippen LogP contribution in [0.1, 0.15) is 24.1 Å². The van der Waals surface area contributed by atoms with E-state index in [9.17, 15) is 9.50 Å². The average molecular weight is 280 g/mol. The predicted molar refractivity (Wildman–Crippen MR) is 74.8 cm³/mol. The molecule has 0 radical (unpaired) electrons. The van der Waals surface area contributed by atoms with Gasteiger partial charge in [-0.1, -0.05) is 23.7 Å². The first-order valence-corrected chi connectivity index (χ1v) is 6.40. The number of halogens is 2. The van der Waals surface area contributed by atoms with E-state index >= 15 is 0 Å². The lowest BCUT2D eigenvalue weighted by Gasteiger charge is -2.15. The summed E-state index contributed by atoms with van der Waals surface area (Å²) in [5, 5.41) is 13.5. The monoisotopic (exact) mass is 279 g/mol. The molecule has 0 aromatic heterocycles. The van der Waals surface area contributed by atoms with E-state index in [1.165, 1.54) is 18.2 Å². The summed E-state index contributed by atoms with van der Waals surface area (Å²) in [5.74, 6) is -0.266. The van der Waals surface area contributed by atoms with Crippen molar-refractivity contribution in [1.29, 1.82) is 0 Å². The Kier molecular flexibility index (Phi) is 4.40. The summed E-state index contributed by atoms with van der Waals surface area (Å²) >= 11 is 5.93. The third-order valence-electron chi connectivity index (χ3n) is 2.99. The van der Waals surface area contributed by atoms with Gasteiger partial charge in [-0.15, -0.1) is 0 Å². The van der Waals surface area contributed by atoms with Crippen molar-refractivity contribution in [2.24, 2.45) is 0 Å². The fraction of sp³-hybridized carbons (Fsp3) is 0.200. The molecular formula is C15H15ClFNO. The minimum atomic E-state index is -0.356. The zero-order valence-corrected chi connectivity index (χ0v) is 11.3. The summed E-state index contributed by atoms with van der Waals surface area (Å²) in [6, 6.07) is 11.5. The van der Waals surface area contributed by atoms with Gasteiger partial charge in [-0.2, -0.15) is 0 Å². The van der Waals surface area contributed by atoms with Crippen molar-refractivity contribution in [2.75, 3.05) is 0 Å². The fourth-order valence-corrected chi connectivity index (χ4v) is 2.05. The number of rotatable bonds is 4. The number of hydrogen-bond donors (Lipinski definition) is 2. The molecule has 0 saturated carbocycles. The Balaban J connectivity index is 2.04. The topological polar surface area (TPSA) is 32.3 Å². The Morgan fingerprint density at radius 3 is 2.79 bits per heavy atom. The van der Waals surface area contributed by atoms with E-state index in [2.05, 4.69) is 5.32 Å². The molecule has 100 valence electrons. The Bertz CT molecular complexity index is 574. The van der Waals surface area contributed by atoms with Crippen LogP contribution < -0.4 is 5.32 Å². The number of phenols is 1. The SMILES string of the molecule is CC(NCc1cc(F)ccc1O)c1cccc(Cl)c1. The van der Waals surface area contributed by atoms with E-state index in [0.29, 0.717) is 17.1 Å². The van der Waals surface area contributed by atoms with Crippen molar-refractivity contribution in [2.45, 2.75) is 19.5 Å². The van der Waals surface area contributed by atoms with Crippen LogP contribution in [-0.4, -0.2) is 5.11 Å². The average Bonchev–Trinajstić information content (AvgIpc) is 2.39. The first-order chi connectivity index (χ1) is 9.06. The molecule has 4 heteroatoms. The van der Waals surface area contributed by atoms with E-state index in [1.54, 1.807) is 0 Å². The first-order valence-electron chi connectivity index (χ1n) is 6.02. The molecule has 2 nitrogen and oxygen atoms in total. The van der Waals surface area contributed by atoms with Gasteiger partial charge in [0.25, 0.3) is 0 Å². The van der Waals surface area contributed by atoms with Crippen LogP contribution in [0.3, 0.4) is 0 Å². The van der Waals surface area contributed by atoms with Gasteiger partial charge in [0.15, 0.2) is 0 Å². The number of phenolic OH excluding ortho intramolecular Hbond substituents is 1. The van der Waals surface area contributed by atoms with Gasteiger partial charge in [0.1, 0.15) is 11.6 Å². The summed E-state index contributed by atoms with van der Waals surface area (Å²) < 4.78 is 13.1. The van der Waals surface area contributed by atoms with Crippen molar-refractivity contribution >= 4 is 11.6 Å². The molecule has 0 heterocycles. The normalized spacial score (nSPS) is 12.4. The summed E-state index contributed by atoms with van der Waals surface area (Å²) in [6.45, 7) is 2.37. The lowest BCUT2D eigenvalue weighted by atomic mass is 10.1. The summed E-state index contributed by atoms with van der Waals surface area (Å²) in [7, 11) is 0. The summed E-state index contributed by atoms with van der Waals surface area (Å²) in [5.41, 5.74) is 1.58. The molecule has 0 aliphatic heterocycles. The Hall–Kier alpha value is -1.58. The van der Waals surface area contributed by atoms with Crippen molar-refractivity contribution in [3.05, 3.63) is 64.4 Å². The maximum absolute atomic E-state index is 13.1. The molecule has 1 unspecified atom stereocenters. The van der Waals surface area contributed by atoms with Crippen LogP contribution >= 0.6 is 11.6 Å². The van der Waals surface area contributed by atoms with E-state index in [-0.39, 0.29) is 17.6 Å². The molecule has 2 aromatic rings. The molecular weight excluding hydrogens is 265 g/mol. The van der Waals surface area contributed by atoms with Crippen molar-refractivity contribution in [3.63, 3.8) is 0 Å². The maximum atomic E-state index is 13.1. The van der Waals surface area contributed by atoms with Gasteiger partial charge in [-0.25, -0.2) is 4.39 Å². The molecule has 0 bridgehead atoms. The number of nitrogens with one attached hydrogen (secondary N) is 1. The van der Waals surface area contributed by atoms with Gasteiger partial charge in [0, 0.05) is 23.2 Å². The van der Waals surface area contributed by atoms with Crippen LogP contribution in [-0.2, 0) is 6.54 Å². The van der Waals surface area contributed by atoms with Crippen LogP contribution in [0.25, 0.3) is 0 Å². The van der Waals surface area contributed by atoms with E-state index in [4.69, 9.17) is 11.6 Å². The second kappa shape index (κ2) is 6.04. The molecule has 0 aliphatic carbocycles. The third-order valence-corrected chi connectivity index (χ3v) is 3.22. The third kappa shape index (κ3) is 3.69. The first kappa shape index (κ1) is 13.8. The molecule has 19 heavy (non-hydrogen) atoms.